The Morgan fingerprint density at radius 3 is 2.83 bits per heavy atom. The average Bonchev–Trinajstić information content (AvgIpc) is 2.83. The van der Waals surface area contributed by atoms with Gasteiger partial charge in [-0.15, -0.1) is 10.2 Å². The van der Waals surface area contributed by atoms with E-state index in [4.69, 9.17) is 10.5 Å². The molecule has 96 valence electrons. The molecule has 2 aromatic heterocycles. The van der Waals surface area contributed by atoms with E-state index in [1.165, 1.54) is 0 Å². The van der Waals surface area contributed by atoms with Crippen LogP contribution < -0.4 is 5.73 Å². The second-order valence-electron chi connectivity index (χ2n) is 4.70. The van der Waals surface area contributed by atoms with Crippen molar-refractivity contribution in [1.29, 1.82) is 0 Å². The number of aromatic nitrogens is 3. The zero-order valence-corrected chi connectivity index (χ0v) is 11.6. The fraction of sp³-hybridized carbons (Fsp3) is 0.500. The fourth-order valence-electron chi connectivity index (χ4n) is 2.51. The normalized spacial score (nSPS) is 19.2. The third-order valence-corrected chi connectivity index (χ3v) is 4.15. The van der Waals surface area contributed by atoms with Gasteiger partial charge in [0, 0.05) is 35.8 Å². The summed E-state index contributed by atoms with van der Waals surface area (Å²) in [4.78, 5) is 0. The first kappa shape index (κ1) is 12.1. The molecule has 2 N–H and O–H groups in total. The lowest BCUT2D eigenvalue weighted by atomic mass is 9.79. The quantitative estimate of drug-likeness (QED) is 0.913. The number of hydrogen-bond donors (Lipinski definition) is 1. The molecule has 6 heteroatoms. The highest BCUT2D eigenvalue weighted by molar-refractivity contribution is 9.10. The van der Waals surface area contributed by atoms with Gasteiger partial charge in [-0.05, 0) is 40.9 Å². The van der Waals surface area contributed by atoms with E-state index in [1.54, 1.807) is 0 Å². The molecular weight excluding hydrogens is 296 g/mol. The highest BCUT2D eigenvalue weighted by atomic mass is 79.9. The predicted octanol–water partition coefficient (Wildman–Crippen LogP) is 1.50. The SMILES string of the molecule is NCC1(c2nnc3ccc(Br)cn23)CCOCC1. The molecule has 2 aromatic rings. The van der Waals surface area contributed by atoms with E-state index in [-0.39, 0.29) is 5.41 Å². The minimum Gasteiger partial charge on any atom is -0.381 e. The lowest BCUT2D eigenvalue weighted by Gasteiger charge is -2.34. The maximum Gasteiger partial charge on any atom is 0.160 e. The van der Waals surface area contributed by atoms with Crippen LogP contribution >= 0.6 is 15.9 Å². The first-order valence-corrected chi connectivity index (χ1v) is 6.83. The summed E-state index contributed by atoms with van der Waals surface area (Å²) in [5.41, 5.74) is 6.75. The van der Waals surface area contributed by atoms with Crippen LogP contribution in [0.3, 0.4) is 0 Å². The zero-order valence-electron chi connectivity index (χ0n) is 9.97. The first-order valence-electron chi connectivity index (χ1n) is 6.04. The number of ether oxygens (including phenoxy) is 1. The number of halogens is 1. The van der Waals surface area contributed by atoms with Crippen molar-refractivity contribution in [2.45, 2.75) is 18.3 Å². The molecule has 0 bridgehead atoms. The van der Waals surface area contributed by atoms with Gasteiger partial charge >= 0.3 is 0 Å². The van der Waals surface area contributed by atoms with Crippen LogP contribution in [0, 0.1) is 0 Å². The van der Waals surface area contributed by atoms with Gasteiger partial charge in [0.25, 0.3) is 0 Å². The van der Waals surface area contributed by atoms with Crippen LogP contribution in [-0.4, -0.2) is 34.4 Å². The van der Waals surface area contributed by atoms with Crippen molar-refractivity contribution in [3.05, 3.63) is 28.6 Å². The number of fused-ring (bicyclic) bond motifs is 1. The van der Waals surface area contributed by atoms with Crippen molar-refractivity contribution >= 4 is 21.6 Å². The maximum absolute atomic E-state index is 6.01. The molecule has 0 atom stereocenters. The van der Waals surface area contributed by atoms with Gasteiger partial charge in [-0.1, -0.05) is 0 Å². The number of nitrogens with two attached hydrogens (primary N) is 1. The van der Waals surface area contributed by atoms with Crippen LogP contribution in [0.15, 0.2) is 22.8 Å². The number of rotatable bonds is 2. The first-order chi connectivity index (χ1) is 8.75. The highest BCUT2D eigenvalue weighted by Crippen LogP contribution is 2.33. The Bertz CT molecular complexity index is 562. The van der Waals surface area contributed by atoms with E-state index < -0.39 is 0 Å². The molecule has 0 radical (unpaired) electrons. The molecule has 3 rings (SSSR count). The van der Waals surface area contributed by atoms with Gasteiger partial charge in [0.05, 0.1) is 0 Å². The van der Waals surface area contributed by atoms with E-state index in [0.717, 1.165) is 42.0 Å². The summed E-state index contributed by atoms with van der Waals surface area (Å²) in [5, 5.41) is 8.58. The largest absolute Gasteiger partial charge is 0.381 e. The molecule has 5 nitrogen and oxygen atoms in total. The molecule has 1 saturated heterocycles. The van der Waals surface area contributed by atoms with Crippen molar-refractivity contribution in [3.8, 4) is 0 Å². The summed E-state index contributed by atoms with van der Waals surface area (Å²) in [6.45, 7) is 2.05. The van der Waals surface area contributed by atoms with Crippen molar-refractivity contribution in [2.75, 3.05) is 19.8 Å². The van der Waals surface area contributed by atoms with E-state index in [2.05, 4.69) is 26.1 Å². The third kappa shape index (κ3) is 1.84. The van der Waals surface area contributed by atoms with Crippen LogP contribution in [0.1, 0.15) is 18.7 Å². The molecule has 0 unspecified atom stereocenters. The van der Waals surface area contributed by atoms with E-state index in [9.17, 15) is 0 Å². The van der Waals surface area contributed by atoms with Gasteiger partial charge < -0.3 is 10.5 Å². The van der Waals surface area contributed by atoms with Crippen molar-refractivity contribution in [3.63, 3.8) is 0 Å². The Balaban J connectivity index is 2.14. The molecular formula is C12H15BrN4O. The summed E-state index contributed by atoms with van der Waals surface area (Å²) in [5.74, 6) is 0.949. The minimum atomic E-state index is -0.113. The van der Waals surface area contributed by atoms with Crippen LogP contribution in [-0.2, 0) is 10.2 Å². The second kappa shape index (κ2) is 4.60. The molecule has 1 aliphatic heterocycles. The summed E-state index contributed by atoms with van der Waals surface area (Å²) in [6, 6.07) is 3.91. The lowest BCUT2D eigenvalue weighted by molar-refractivity contribution is 0.0496. The van der Waals surface area contributed by atoms with Crippen LogP contribution in [0.25, 0.3) is 5.65 Å². The van der Waals surface area contributed by atoms with Gasteiger partial charge in [-0.2, -0.15) is 0 Å². The predicted molar refractivity (Wildman–Crippen MR) is 71.5 cm³/mol. The maximum atomic E-state index is 6.01. The Labute approximate surface area is 113 Å². The number of nitrogens with zero attached hydrogens (tertiary/aromatic N) is 3. The average molecular weight is 311 g/mol. The van der Waals surface area contributed by atoms with Crippen molar-refractivity contribution in [2.24, 2.45) is 5.73 Å². The summed E-state index contributed by atoms with van der Waals surface area (Å²) in [6.07, 6.45) is 3.80. The molecule has 3 heterocycles. The van der Waals surface area contributed by atoms with E-state index >= 15 is 0 Å². The molecule has 0 amide bonds. The Hall–Kier alpha value is -0.980. The molecule has 0 spiro atoms. The van der Waals surface area contributed by atoms with Crippen LogP contribution in [0.5, 0.6) is 0 Å². The zero-order chi connectivity index (χ0) is 12.6. The summed E-state index contributed by atoms with van der Waals surface area (Å²) >= 11 is 3.48. The smallest absolute Gasteiger partial charge is 0.160 e. The molecule has 18 heavy (non-hydrogen) atoms. The van der Waals surface area contributed by atoms with Crippen LogP contribution in [0.2, 0.25) is 0 Å². The van der Waals surface area contributed by atoms with Gasteiger partial charge in [0.2, 0.25) is 0 Å². The topological polar surface area (TPSA) is 65.4 Å². The lowest BCUT2D eigenvalue weighted by Crippen LogP contribution is -2.42. The molecule has 1 fully saturated rings. The molecule has 0 saturated carbocycles. The Morgan fingerprint density at radius 2 is 2.11 bits per heavy atom. The second-order valence-corrected chi connectivity index (χ2v) is 5.61. The van der Waals surface area contributed by atoms with Gasteiger partial charge in [0.15, 0.2) is 5.65 Å². The molecule has 0 aliphatic carbocycles. The monoisotopic (exact) mass is 310 g/mol. The Morgan fingerprint density at radius 1 is 1.33 bits per heavy atom. The van der Waals surface area contributed by atoms with Gasteiger partial charge in [-0.25, -0.2) is 0 Å². The standard InChI is InChI=1S/C12H15BrN4O/c13-9-1-2-10-15-16-11(17(10)7-9)12(8-14)3-5-18-6-4-12/h1-2,7H,3-6,8,14H2. The third-order valence-electron chi connectivity index (χ3n) is 3.68. The van der Waals surface area contributed by atoms with Crippen molar-refractivity contribution < 1.29 is 4.74 Å². The van der Waals surface area contributed by atoms with Crippen LogP contribution in [0.4, 0.5) is 0 Å². The van der Waals surface area contributed by atoms with Gasteiger partial charge in [-0.3, -0.25) is 4.40 Å². The molecule has 1 aliphatic rings. The number of pyridine rings is 1. The van der Waals surface area contributed by atoms with E-state index in [0.29, 0.717) is 6.54 Å². The van der Waals surface area contributed by atoms with Crippen molar-refractivity contribution in [1.82, 2.24) is 14.6 Å². The fourth-order valence-corrected chi connectivity index (χ4v) is 2.84. The highest BCUT2D eigenvalue weighted by Gasteiger charge is 2.37. The minimum absolute atomic E-state index is 0.113. The Kier molecular flexibility index (Phi) is 3.09. The summed E-state index contributed by atoms with van der Waals surface area (Å²) < 4.78 is 8.48. The molecule has 0 aromatic carbocycles. The van der Waals surface area contributed by atoms with Gasteiger partial charge in [0.1, 0.15) is 5.82 Å². The summed E-state index contributed by atoms with van der Waals surface area (Å²) in [7, 11) is 0. The van der Waals surface area contributed by atoms with E-state index in [1.807, 2.05) is 22.7 Å². The number of hydrogen-bond acceptors (Lipinski definition) is 4.